The summed E-state index contributed by atoms with van der Waals surface area (Å²) in [5.41, 5.74) is 0.729. The molecule has 0 saturated heterocycles. The first-order valence-corrected chi connectivity index (χ1v) is 8.00. The number of nitrogens with one attached hydrogen (secondary N) is 2. The summed E-state index contributed by atoms with van der Waals surface area (Å²) >= 11 is 22.7. The number of phenols is 1. The van der Waals surface area contributed by atoms with Gasteiger partial charge in [-0.3, -0.25) is 10.1 Å². The standard InChI is InChI=1S/C15H11Cl3N2O3S/c1-23-12-3-2-7(4-9(12)16)14(22)20-15(24)19-8-5-10(17)13(21)11(18)6-8/h2-6,21H,1H3,(H2,19,20,22,24). The van der Waals surface area contributed by atoms with Crippen LogP contribution in [0.5, 0.6) is 11.5 Å². The maximum atomic E-state index is 12.2. The number of hydrogen-bond acceptors (Lipinski definition) is 4. The first-order chi connectivity index (χ1) is 11.3. The third kappa shape index (κ3) is 4.42. The molecule has 3 N–H and O–H groups in total. The van der Waals surface area contributed by atoms with Crippen LogP contribution in [-0.2, 0) is 0 Å². The second-order valence-corrected chi connectivity index (χ2v) is 6.18. The van der Waals surface area contributed by atoms with Gasteiger partial charge in [-0.2, -0.15) is 0 Å². The van der Waals surface area contributed by atoms with E-state index in [1.807, 2.05) is 0 Å². The van der Waals surface area contributed by atoms with Gasteiger partial charge in [-0.1, -0.05) is 34.8 Å². The molecule has 0 fully saturated rings. The molecule has 0 saturated carbocycles. The lowest BCUT2D eigenvalue weighted by Gasteiger charge is -2.11. The summed E-state index contributed by atoms with van der Waals surface area (Å²) in [6.07, 6.45) is 0. The number of ether oxygens (including phenoxy) is 1. The van der Waals surface area contributed by atoms with E-state index in [2.05, 4.69) is 10.6 Å². The van der Waals surface area contributed by atoms with Gasteiger partial charge in [-0.05, 0) is 42.5 Å². The molecule has 24 heavy (non-hydrogen) atoms. The highest BCUT2D eigenvalue weighted by Crippen LogP contribution is 2.34. The summed E-state index contributed by atoms with van der Waals surface area (Å²) < 4.78 is 5.02. The van der Waals surface area contributed by atoms with Crippen molar-refractivity contribution in [1.82, 2.24) is 5.32 Å². The number of thiocarbonyl (C=S) groups is 1. The number of rotatable bonds is 3. The number of carbonyl (C=O) groups is 1. The van der Waals surface area contributed by atoms with E-state index >= 15 is 0 Å². The predicted molar refractivity (Wildman–Crippen MR) is 99.8 cm³/mol. The lowest BCUT2D eigenvalue weighted by molar-refractivity contribution is 0.0977. The zero-order valence-corrected chi connectivity index (χ0v) is 15.3. The van der Waals surface area contributed by atoms with E-state index in [1.165, 1.54) is 25.3 Å². The molecule has 0 atom stereocenters. The summed E-state index contributed by atoms with van der Waals surface area (Å²) in [6, 6.07) is 7.44. The molecule has 0 spiro atoms. The van der Waals surface area contributed by atoms with E-state index < -0.39 is 5.91 Å². The van der Waals surface area contributed by atoms with Crippen LogP contribution >= 0.6 is 47.0 Å². The van der Waals surface area contributed by atoms with Gasteiger partial charge in [0.1, 0.15) is 5.75 Å². The predicted octanol–water partition coefficient (Wildman–Crippen LogP) is 4.49. The van der Waals surface area contributed by atoms with E-state index in [4.69, 9.17) is 51.8 Å². The number of phenolic OH excluding ortho intramolecular Hbond substituents is 1. The van der Waals surface area contributed by atoms with Crippen LogP contribution in [0.15, 0.2) is 30.3 Å². The van der Waals surface area contributed by atoms with Gasteiger partial charge in [0.25, 0.3) is 5.91 Å². The van der Waals surface area contributed by atoms with Gasteiger partial charge in [0.2, 0.25) is 0 Å². The average molecular weight is 406 g/mol. The largest absolute Gasteiger partial charge is 0.505 e. The Hall–Kier alpha value is -1.73. The molecule has 2 aromatic carbocycles. The van der Waals surface area contributed by atoms with Gasteiger partial charge in [0.05, 0.1) is 22.2 Å². The van der Waals surface area contributed by atoms with Gasteiger partial charge in [-0.25, -0.2) is 0 Å². The fourth-order valence-electron chi connectivity index (χ4n) is 1.78. The molecule has 2 rings (SSSR count). The summed E-state index contributed by atoms with van der Waals surface area (Å²) in [7, 11) is 1.48. The van der Waals surface area contributed by atoms with E-state index in [0.29, 0.717) is 22.0 Å². The molecule has 0 unspecified atom stereocenters. The average Bonchev–Trinajstić information content (AvgIpc) is 2.52. The second-order valence-electron chi connectivity index (χ2n) is 4.55. The number of aromatic hydroxyl groups is 1. The van der Waals surface area contributed by atoms with Crippen molar-refractivity contribution in [2.24, 2.45) is 0 Å². The van der Waals surface area contributed by atoms with Crippen molar-refractivity contribution in [3.8, 4) is 11.5 Å². The molecule has 0 bridgehead atoms. The van der Waals surface area contributed by atoms with Gasteiger partial charge < -0.3 is 15.2 Å². The van der Waals surface area contributed by atoms with Crippen LogP contribution in [-0.4, -0.2) is 23.2 Å². The summed E-state index contributed by atoms with van der Waals surface area (Å²) in [5.74, 6) is -0.220. The van der Waals surface area contributed by atoms with Crippen LogP contribution in [0.4, 0.5) is 5.69 Å². The van der Waals surface area contributed by atoms with Gasteiger partial charge in [0, 0.05) is 11.3 Å². The first-order valence-electron chi connectivity index (χ1n) is 6.45. The number of hydrogen-bond donors (Lipinski definition) is 3. The number of benzene rings is 2. The molecule has 0 aromatic heterocycles. The van der Waals surface area contributed by atoms with Crippen molar-refractivity contribution in [2.45, 2.75) is 0 Å². The van der Waals surface area contributed by atoms with Crippen LogP contribution in [0.2, 0.25) is 15.1 Å². The van der Waals surface area contributed by atoms with E-state index in [1.54, 1.807) is 12.1 Å². The van der Waals surface area contributed by atoms with E-state index in [9.17, 15) is 9.90 Å². The molecular formula is C15H11Cl3N2O3S. The third-order valence-corrected chi connectivity index (χ3v) is 3.99. The van der Waals surface area contributed by atoms with Crippen molar-refractivity contribution < 1.29 is 14.6 Å². The monoisotopic (exact) mass is 404 g/mol. The molecule has 0 radical (unpaired) electrons. The Morgan fingerprint density at radius 2 is 1.75 bits per heavy atom. The van der Waals surface area contributed by atoms with Gasteiger partial charge in [-0.15, -0.1) is 0 Å². The van der Waals surface area contributed by atoms with Gasteiger partial charge in [0.15, 0.2) is 10.9 Å². The molecule has 9 heteroatoms. The Balaban J connectivity index is 2.07. The minimum absolute atomic E-state index is 0.0322. The molecule has 126 valence electrons. The number of halogens is 3. The highest BCUT2D eigenvalue weighted by molar-refractivity contribution is 7.80. The molecule has 0 heterocycles. The van der Waals surface area contributed by atoms with E-state index in [0.717, 1.165) is 0 Å². The molecule has 0 aliphatic carbocycles. The van der Waals surface area contributed by atoms with Crippen molar-refractivity contribution in [2.75, 3.05) is 12.4 Å². The van der Waals surface area contributed by atoms with Crippen molar-refractivity contribution in [1.29, 1.82) is 0 Å². The van der Waals surface area contributed by atoms with Crippen LogP contribution < -0.4 is 15.4 Å². The van der Waals surface area contributed by atoms with Crippen molar-refractivity contribution >= 4 is 63.7 Å². The lowest BCUT2D eigenvalue weighted by atomic mass is 10.2. The molecule has 0 aliphatic rings. The zero-order chi connectivity index (χ0) is 17.9. The number of carbonyl (C=O) groups excluding carboxylic acids is 1. The molecule has 2 aromatic rings. The molecular weight excluding hydrogens is 395 g/mol. The van der Waals surface area contributed by atoms with Crippen molar-refractivity contribution in [3.63, 3.8) is 0 Å². The van der Waals surface area contributed by atoms with Crippen LogP contribution in [0.1, 0.15) is 10.4 Å². The fraction of sp³-hybridized carbons (Fsp3) is 0.0667. The smallest absolute Gasteiger partial charge is 0.257 e. The summed E-state index contributed by atoms with van der Waals surface area (Å²) in [6.45, 7) is 0. The fourth-order valence-corrected chi connectivity index (χ4v) is 2.74. The Bertz CT molecular complexity index is 792. The van der Waals surface area contributed by atoms with Crippen molar-refractivity contribution in [3.05, 3.63) is 51.0 Å². The number of methoxy groups -OCH3 is 1. The second kappa shape index (κ2) is 7.90. The van der Waals surface area contributed by atoms with Crippen LogP contribution in [0, 0.1) is 0 Å². The third-order valence-electron chi connectivity index (χ3n) is 2.92. The quantitative estimate of drug-likeness (QED) is 0.518. The highest BCUT2D eigenvalue weighted by atomic mass is 35.5. The SMILES string of the molecule is COc1ccc(C(=O)NC(=S)Nc2cc(Cl)c(O)c(Cl)c2)cc1Cl. The minimum atomic E-state index is -0.451. The Labute approximate surface area is 158 Å². The molecule has 0 aliphatic heterocycles. The Morgan fingerprint density at radius 3 is 2.29 bits per heavy atom. The minimum Gasteiger partial charge on any atom is -0.505 e. The number of anilines is 1. The Kier molecular flexibility index (Phi) is 6.12. The zero-order valence-electron chi connectivity index (χ0n) is 12.2. The van der Waals surface area contributed by atoms with E-state index in [-0.39, 0.29) is 20.9 Å². The summed E-state index contributed by atoms with van der Waals surface area (Å²) in [4.78, 5) is 12.2. The maximum Gasteiger partial charge on any atom is 0.257 e. The topological polar surface area (TPSA) is 70.6 Å². The Morgan fingerprint density at radius 1 is 1.12 bits per heavy atom. The number of amides is 1. The highest BCUT2D eigenvalue weighted by Gasteiger charge is 2.12. The summed E-state index contributed by atoms with van der Waals surface area (Å²) in [5, 5.41) is 15.2. The van der Waals surface area contributed by atoms with Crippen LogP contribution in [0.25, 0.3) is 0 Å². The maximum absolute atomic E-state index is 12.2. The van der Waals surface area contributed by atoms with Crippen LogP contribution in [0.3, 0.4) is 0 Å². The van der Waals surface area contributed by atoms with Gasteiger partial charge >= 0.3 is 0 Å². The lowest BCUT2D eigenvalue weighted by Crippen LogP contribution is -2.34. The molecule has 5 nitrogen and oxygen atoms in total. The molecule has 1 amide bonds. The normalized spacial score (nSPS) is 10.2. The first kappa shape index (κ1) is 18.6.